The molecular weight excluding hydrogens is 369 g/mol. The fourth-order valence-electron chi connectivity index (χ4n) is 4.88. The number of hydrogen-bond donors (Lipinski definition) is 0. The molecule has 0 radical (unpaired) electrons. The van der Waals surface area contributed by atoms with E-state index in [1.807, 2.05) is 6.92 Å². The van der Waals surface area contributed by atoms with Gasteiger partial charge in [-0.1, -0.05) is 0 Å². The van der Waals surface area contributed by atoms with Gasteiger partial charge in [0.15, 0.2) is 11.5 Å². The first-order valence-corrected chi connectivity index (χ1v) is 10.9. The van der Waals surface area contributed by atoms with Crippen LogP contribution in [-0.4, -0.2) is 43.4 Å². The second kappa shape index (κ2) is 7.92. The van der Waals surface area contributed by atoms with Gasteiger partial charge in [-0.2, -0.15) is 0 Å². The molecule has 1 saturated heterocycles. The standard InChI is InChI=1S/C24H34FNO3/c1-15-17(10-20(15)25)14-28-23-11-16-8-9-26-13-18(29-24(2,3)4)6-7-21(26)19(16)12-22(23)27-5/h11-12,17-18,21H,6-10,13-14H2,1-5H3. The number of fused-ring (bicyclic) bond motifs is 3. The van der Waals surface area contributed by atoms with Gasteiger partial charge in [0.1, 0.15) is 0 Å². The van der Waals surface area contributed by atoms with Crippen LogP contribution in [0, 0.1) is 5.92 Å². The summed E-state index contributed by atoms with van der Waals surface area (Å²) in [6.07, 6.45) is 3.98. The summed E-state index contributed by atoms with van der Waals surface area (Å²) < 4.78 is 31.3. The lowest BCUT2D eigenvalue weighted by molar-refractivity contribution is -0.0971. The Morgan fingerprint density at radius 2 is 1.97 bits per heavy atom. The van der Waals surface area contributed by atoms with E-state index in [2.05, 4.69) is 37.8 Å². The first-order chi connectivity index (χ1) is 13.7. The zero-order valence-corrected chi connectivity index (χ0v) is 18.4. The van der Waals surface area contributed by atoms with Crippen molar-refractivity contribution in [1.29, 1.82) is 0 Å². The number of allylic oxidation sites excluding steroid dienone is 1. The molecule has 0 spiro atoms. The average molecular weight is 404 g/mol. The molecule has 3 aliphatic rings. The first kappa shape index (κ1) is 20.7. The van der Waals surface area contributed by atoms with Gasteiger partial charge < -0.3 is 14.2 Å². The van der Waals surface area contributed by atoms with Crippen molar-refractivity contribution in [3.63, 3.8) is 0 Å². The molecule has 0 bridgehead atoms. The van der Waals surface area contributed by atoms with Crippen LogP contribution in [0.1, 0.15) is 64.1 Å². The molecule has 1 aliphatic carbocycles. The fourth-order valence-corrected chi connectivity index (χ4v) is 4.88. The van der Waals surface area contributed by atoms with Crippen molar-refractivity contribution in [3.05, 3.63) is 34.7 Å². The molecule has 0 N–H and O–H groups in total. The molecule has 160 valence electrons. The van der Waals surface area contributed by atoms with E-state index < -0.39 is 0 Å². The lowest BCUT2D eigenvalue weighted by Gasteiger charge is -2.45. The second-order valence-corrected chi connectivity index (χ2v) is 9.69. The van der Waals surface area contributed by atoms with Crippen LogP contribution in [0.3, 0.4) is 0 Å². The number of methoxy groups -OCH3 is 1. The normalized spacial score (nSPS) is 27.2. The lowest BCUT2D eigenvalue weighted by atomic mass is 9.85. The van der Waals surface area contributed by atoms with Crippen LogP contribution in [0.15, 0.2) is 23.5 Å². The molecule has 3 atom stereocenters. The molecule has 1 aromatic rings. The largest absolute Gasteiger partial charge is 0.493 e. The third-order valence-corrected chi connectivity index (χ3v) is 6.52. The van der Waals surface area contributed by atoms with Crippen molar-refractivity contribution in [2.45, 2.75) is 71.1 Å². The average Bonchev–Trinajstić information content (AvgIpc) is 2.68. The Hall–Kier alpha value is -1.59. The van der Waals surface area contributed by atoms with Crippen molar-refractivity contribution in [2.75, 3.05) is 26.8 Å². The number of piperidine rings is 1. The highest BCUT2D eigenvalue weighted by atomic mass is 19.1. The van der Waals surface area contributed by atoms with Gasteiger partial charge in [-0.3, -0.25) is 4.90 Å². The number of halogens is 1. The molecule has 2 heterocycles. The fraction of sp³-hybridized carbons (Fsp3) is 0.667. The van der Waals surface area contributed by atoms with Crippen molar-refractivity contribution in [2.24, 2.45) is 5.92 Å². The van der Waals surface area contributed by atoms with Crippen molar-refractivity contribution < 1.29 is 18.6 Å². The van der Waals surface area contributed by atoms with E-state index in [9.17, 15) is 4.39 Å². The van der Waals surface area contributed by atoms with Crippen molar-refractivity contribution >= 4 is 0 Å². The summed E-state index contributed by atoms with van der Waals surface area (Å²) in [6, 6.07) is 4.74. The zero-order chi connectivity index (χ0) is 20.8. The van der Waals surface area contributed by atoms with E-state index in [1.54, 1.807) is 7.11 Å². The van der Waals surface area contributed by atoms with Crippen LogP contribution in [0.2, 0.25) is 0 Å². The highest BCUT2D eigenvalue weighted by Gasteiger charge is 2.36. The van der Waals surface area contributed by atoms with Crippen LogP contribution in [-0.2, 0) is 11.2 Å². The molecule has 3 unspecified atom stereocenters. The van der Waals surface area contributed by atoms with E-state index in [-0.39, 0.29) is 17.3 Å². The molecular formula is C24H34FNO3. The van der Waals surface area contributed by atoms with E-state index in [1.165, 1.54) is 11.1 Å². The van der Waals surface area contributed by atoms with Crippen LogP contribution < -0.4 is 9.47 Å². The topological polar surface area (TPSA) is 30.9 Å². The van der Waals surface area contributed by atoms with Gasteiger partial charge in [0.2, 0.25) is 0 Å². The summed E-state index contributed by atoms with van der Waals surface area (Å²) in [5, 5.41) is 0. The van der Waals surface area contributed by atoms with Gasteiger partial charge in [-0.05, 0) is 75.8 Å². The smallest absolute Gasteiger partial charge is 0.161 e. The van der Waals surface area contributed by atoms with Gasteiger partial charge in [0, 0.05) is 31.5 Å². The van der Waals surface area contributed by atoms with Gasteiger partial charge in [0.05, 0.1) is 31.2 Å². The molecule has 1 fully saturated rings. The summed E-state index contributed by atoms with van der Waals surface area (Å²) in [7, 11) is 1.69. The lowest BCUT2D eigenvalue weighted by Crippen LogP contribution is -2.47. The highest BCUT2D eigenvalue weighted by Crippen LogP contribution is 2.43. The maximum Gasteiger partial charge on any atom is 0.161 e. The molecule has 29 heavy (non-hydrogen) atoms. The maximum absolute atomic E-state index is 13.3. The van der Waals surface area contributed by atoms with Crippen LogP contribution in [0.25, 0.3) is 0 Å². The van der Waals surface area contributed by atoms with Crippen molar-refractivity contribution in [3.8, 4) is 11.5 Å². The SMILES string of the molecule is COc1cc2c(cc1OCC1CC(F)=C1C)CCN1CC(OC(C)(C)C)CCC21. The van der Waals surface area contributed by atoms with Crippen molar-refractivity contribution in [1.82, 2.24) is 4.90 Å². The predicted molar refractivity (Wildman–Crippen MR) is 112 cm³/mol. The summed E-state index contributed by atoms with van der Waals surface area (Å²) in [4.78, 5) is 2.56. The summed E-state index contributed by atoms with van der Waals surface area (Å²) in [5.74, 6) is 1.76. The Balaban J connectivity index is 1.48. The minimum atomic E-state index is -0.0996. The molecule has 0 amide bonds. The van der Waals surface area contributed by atoms with Crippen LogP contribution in [0.4, 0.5) is 4.39 Å². The van der Waals surface area contributed by atoms with E-state index in [4.69, 9.17) is 14.2 Å². The third-order valence-electron chi connectivity index (χ3n) is 6.52. The molecule has 4 nitrogen and oxygen atoms in total. The predicted octanol–water partition coefficient (Wildman–Crippen LogP) is 5.21. The third kappa shape index (κ3) is 4.31. The van der Waals surface area contributed by atoms with Gasteiger partial charge in [0.25, 0.3) is 0 Å². The summed E-state index contributed by atoms with van der Waals surface area (Å²) in [5.41, 5.74) is 3.44. The molecule has 2 aliphatic heterocycles. The number of hydrogen-bond acceptors (Lipinski definition) is 4. The number of nitrogens with zero attached hydrogens (tertiary/aromatic N) is 1. The number of ether oxygens (including phenoxy) is 3. The molecule has 0 saturated carbocycles. The van der Waals surface area contributed by atoms with E-state index >= 15 is 0 Å². The summed E-state index contributed by atoms with van der Waals surface area (Å²) >= 11 is 0. The Morgan fingerprint density at radius 3 is 2.62 bits per heavy atom. The van der Waals surface area contributed by atoms with Gasteiger partial charge >= 0.3 is 0 Å². The Bertz CT molecular complexity index is 798. The molecule has 0 aromatic heterocycles. The Morgan fingerprint density at radius 1 is 1.17 bits per heavy atom. The first-order valence-electron chi connectivity index (χ1n) is 10.9. The molecule has 4 rings (SSSR count). The van der Waals surface area contributed by atoms with Gasteiger partial charge in [-0.15, -0.1) is 0 Å². The Kier molecular flexibility index (Phi) is 5.64. The van der Waals surface area contributed by atoms with Crippen LogP contribution >= 0.6 is 0 Å². The summed E-state index contributed by atoms with van der Waals surface area (Å²) in [6.45, 7) is 10.8. The highest BCUT2D eigenvalue weighted by molar-refractivity contribution is 5.49. The Labute approximate surface area is 174 Å². The minimum absolute atomic E-state index is 0.0159. The number of rotatable bonds is 5. The maximum atomic E-state index is 13.3. The quantitative estimate of drug-likeness (QED) is 0.675. The van der Waals surface area contributed by atoms with Crippen LogP contribution in [0.5, 0.6) is 11.5 Å². The minimum Gasteiger partial charge on any atom is -0.493 e. The van der Waals surface area contributed by atoms with Gasteiger partial charge in [-0.25, -0.2) is 4.39 Å². The second-order valence-electron chi connectivity index (χ2n) is 9.69. The number of benzene rings is 1. The zero-order valence-electron chi connectivity index (χ0n) is 18.4. The van der Waals surface area contributed by atoms with E-state index in [0.29, 0.717) is 25.2 Å². The van der Waals surface area contributed by atoms with E-state index in [0.717, 1.165) is 49.4 Å². The monoisotopic (exact) mass is 403 g/mol. The molecule has 1 aromatic carbocycles. The molecule has 5 heteroatoms.